The molecule has 156 valence electrons. The van der Waals surface area contributed by atoms with E-state index in [1.54, 1.807) is 7.11 Å². The second-order valence-electron chi connectivity index (χ2n) is 7.52. The highest BCUT2D eigenvalue weighted by molar-refractivity contribution is 5.90. The number of piperidine rings is 1. The van der Waals surface area contributed by atoms with Crippen LogP contribution in [0.2, 0.25) is 0 Å². The Balaban J connectivity index is 0.00000280. The smallest absolute Gasteiger partial charge is 0.226 e. The Hall–Kier alpha value is -1.79. The molecular weight excluding hydrogens is 378 g/mol. The molecule has 28 heavy (non-hydrogen) atoms. The number of nitrogens with zero attached hydrogens (tertiary/aromatic N) is 1. The van der Waals surface area contributed by atoms with E-state index in [1.165, 1.54) is 0 Å². The molecule has 2 heterocycles. The number of methoxy groups -OCH3 is 1. The van der Waals surface area contributed by atoms with E-state index in [9.17, 15) is 9.59 Å². The van der Waals surface area contributed by atoms with Crippen molar-refractivity contribution in [2.24, 2.45) is 5.92 Å². The average Bonchev–Trinajstić information content (AvgIpc) is 3.03. The van der Waals surface area contributed by atoms with Gasteiger partial charge in [0, 0.05) is 25.6 Å². The molecule has 0 aliphatic carbocycles. The van der Waals surface area contributed by atoms with E-state index in [1.807, 2.05) is 29.2 Å². The van der Waals surface area contributed by atoms with E-state index in [2.05, 4.69) is 17.6 Å². The van der Waals surface area contributed by atoms with E-state index in [0.29, 0.717) is 6.54 Å². The van der Waals surface area contributed by atoms with Crippen LogP contribution in [0.15, 0.2) is 24.3 Å². The van der Waals surface area contributed by atoms with Gasteiger partial charge < -0.3 is 20.3 Å². The monoisotopic (exact) mass is 409 g/mol. The van der Waals surface area contributed by atoms with Crippen LogP contribution in [0, 0.1) is 5.92 Å². The number of amides is 2. The van der Waals surface area contributed by atoms with Crippen LogP contribution in [-0.4, -0.2) is 49.5 Å². The van der Waals surface area contributed by atoms with Crippen molar-refractivity contribution in [3.8, 4) is 5.75 Å². The number of rotatable bonds is 7. The van der Waals surface area contributed by atoms with Crippen LogP contribution in [-0.2, 0) is 9.59 Å². The van der Waals surface area contributed by atoms with Gasteiger partial charge in [-0.15, -0.1) is 12.4 Å². The predicted molar refractivity (Wildman–Crippen MR) is 112 cm³/mol. The number of halogens is 1. The van der Waals surface area contributed by atoms with Gasteiger partial charge in [0.25, 0.3) is 0 Å². The molecule has 2 N–H and O–H groups in total. The third kappa shape index (κ3) is 5.17. The van der Waals surface area contributed by atoms with Crippen LogP contribution in [0.4, 0.5) is 0 Å². The Morgan fingerprint density at radius 1 is 1.32 bits per heavy atom. The normalized spacial score (nSPS) is 24.6. The zero-order valence-electron chi connectivity index (χ0n) is 16.8. The van der Waals surface area contributed by atoms with Gasteiger partial charge in [-0.2, -0.15) is 0 Å². The topological polar surface area (TPSA) is 70.7 Å². The van der Waals surface area contributed by atoms with E-state index < -0.39 is 0 Å². The lowest BCUT2D eigenvalue weighted by Crippen LogP contribution is -2.48. The quantitative estimate of drug-likeness (QED) is 0.726. The van der Waals surface area contributed by atoms with Gasteiger partial charge in [0.2, 0.25) is 11.8 Å². The second-order valence-corrected chi connectivity index (χ2v) is 7.52. The van der Waals surface area contributed by atoms with Crippen LogP contribution < -0.4 is 15.4 Å². The van der Waals surface area contributed by atoms with Gasteiger partial charge in [-0.1, -0.05) is 25.5 Å². The first-order chi connectivity index (χ1) is 13.1. The first-order valence-corrected chi connectivity index (χ1v) is 10.1. The Labute approximate surface area is 173 Å². The summed E-state index contributed by atoms with van der Waals surface area (Å²) in [5.74, 6) is 0.505. The molecule has 0 radical (unpaired) electrons. The van der Waals surface area contributed by atoms with Crippen molar-refractivity contribution in [3.05, 3.63) is 29.8 Å². The van der Waals surface area contributed by atoms with Gasteiger partial charge in [0.05, 0.1) is 19.1 Å². The number of benzene rings is 1. The van der Waals surface area contributed by atoms with Gasteiger partial charge >= 0.3 is 0 Å². The third-order valence-corrected chi connectivity index (χ3v) is 5.62. The summed E-state index contributed by atoms with van der Waals surface area (Å²) < 4.78 is 5.25. The van der Waals surface area contributed by atoms with Gasteiger partial charge in [-0.05, 0) is 43.5 Å². The molecule has 3 unspecified atom stereocenters. The predicted octanol–water partition coefficient (Wildman–Crippen LogP) is 2.67. The maximum atomic E-state index is 13.0. The minimum absolute atomic E-state index is 0. The molecule has 2 saturated heterocycles. The van der Waals surface area contributed by atoms with Crippen LogP contribution in [0.5, 0.6) is 5.75 Å². The molecule has 1 aromatic rings. The Bertz CT molecular complexity index is 647. The molecule has 2 amide bonds. The van der Waals surface area contributed by atoms with Crippen molar-refractivity contribution in [3.63, 3.8) is 0 Å². The zero-order valence-corrected chi connectivity index (χ0v) is 17.6. The lowest BCUT2D eigenvalue weighted by molar-refractivity contribution is -0.129. The van der Waals surface area contributed by atoms with Crippen LogP contribution in [0.3, 0.4) is 0 Å². The van der Waals surface area contributed by atoms with Gasteiger partial charge in [0.15, 0.2) is 0 Å². The van der Waals surface area contributed by atoms with Crippen molar-refractivity contribution in [1.82, 2.24) is 15.5 Å². The summed E-state index contributed by atoms with van der Waals surface area (Å²) in [5.41, 5.74) is 1.000. The fourth-order valence-electron chi connectivity index (χ4n) is 4.11. The minimum Gasteiger partial charge on any atom is -0.497 e. The van der Waals surface area contributed by atoms with Crippen LogP contribution >= 0.6 is 12.4 Å². The molecule has 0 bridgehead atoms. The Kier molecular flexibility index (Phi) is 8.58. The second kappa shape index (κ2) is 10.7. The van der Waals surface area contributed by atoms with E-state index >= 15 is 0 Å². The van der Waals surface area contributed by atoms with E-state index in [0.717, 1.165) is 50.1 Å². The minimum atomic E-state index is -0.343. The van der Waals surface area contributed by atoms with Gasteiger partial charge in [-0.25, -0.2) is 0 Å². The molecule has 1 aromatic carbocycles. The summed E-state index contributed by atoms with van der Waals surface area (Å²) in [6, 6.07) is 7.70. The van der Waals surface area contributed by atoms with Crippen LogP contribution in [0.25, 0.3) is 0 Å². The number of carbonyl (C=O) groups excluding carboxylic acids is 2. The molecule has 0 spiro atoms. The number of likely N-dealkylation sites (tertiary alicyclic amines) is 1. The van der Waals surface area contributed by atoms with Crippen LogP contribution in [0.1, 0.15) is 50.6 Å². The molecule has 2 fully saturated rings. The molecule has 0 aromatic heterocycles. The van der Waals surface area contributed by atoms with Crippen molar-refractivity contribution in [2.45, 2.75) is 51.1 Å². The van der Waals surface area contributed by atoms with Gasteiger partial charge in [-0.3, -0.25) is 9.59 Å². The number of hydrogen-bond acceptors (Lipinski definition) is 4. The lowest BCUT2D eigenvalue weighted by Gasteiger charge is -2.30. The number of ether oxygens (including phenoxy) is 1. The standard InChI is InChI=1S/C21H31N3O3.ClH/c1-3-4-12-24-19(25)13-18(21(26)23-16-6-5-11-22-14-16)20(24)15-7-9-17(27-2)10-8-15;/h7-10,16,18,20,22H,3-6,11-14H2,1-2H3,(H,23,26);1H. The number of carbonyl (C=O) groups is 2. The molecule has 2 aliphatic heterocycles. The molecule has 0 saturated carbocycles. The summed E-state index contributed by atoms with van der Waals surface area (Å²) in [6.07, 6.45) is 4.31. The largest absolute Gasteiger partial charge is 0.497 e. The first-order valence-electron chi connectivity index (χ1n) is 10.1. The first kappa shape index (κ1) is 22.5. The molecule has 2 aliphatic rings. The Morgan fingerprint density at radius 2 is 2.07 bits per heavy atom. The summed E-state index contributed by atoms with van der Waals surface area (Å²) in [7, 11) is 1.64. The maximum Gasteiger partial charge on any atom is 0.226 e. The fraction of sp³-hybridized carbons (Fsp3) is 0.619. The summed E-state index contributed by atoms with van der Waals surface area (Å²) in [6.45, 7) is 4.62. The summed E-state index contributed by atoms with van der Waals surface area (Å²) >= 11 is 0. The highest BCUT2D eigenvalue weighted by Gasteiger charge is 2.44. The lowest BCUT2D eigenvalue weighted by atomic mass is 9.92. The van der Waals surface area contributed by atoms with Crippen molar-refractivity contribution in [2.75, 3.05) is 26.7 Å². The molecule has 3 atom stereocenters. The zero-order chi connectivity index (χ0) is 19.2. The van der Waals surface area contributed by atoms with Gasteiger partial charge in [0.1, 0.15) is 5.75 Å². The van der Waals surface area contributed by atoms with Crippen molar-refractivity contribution in [1.29, 1.82) is 0 Å². The molecule has 7 heteroatoms. The highest BCUT2D eigenvalue weighted by atomic mass is 35.5. The number of nitrogens with one attached hydrogen (secondary N) is 2. The summed E-state index contributed by atoms with van der Waals surface area (Å²) in [5, 5.41) is 6.50. The summed E-state index contributed by atoms with van der Waals surface area (Å²) in [4.78, 5) is 27.6. The number of hydrogen-bond donors (Lipinski definition) is 2. The third-order valence-electron chi connectivity index (χ3n) is 5.62. The maximum absolute atomic E-state index is 13.0. The van der Waals surface area contributed by atoms with E-state index in [-0.39, 0.29) is 48.6 Å². The SMILES string of the molecule is CCCCN1C(=O)CC(C(=O)NC2CCCNC2)C1c1ccc(OC)cc1.Cl. The van der Waals surface area contributed by atoms with Crippen molar-refractivity contribution >= 4 is 24.2 Å². The average molecular weight is 410 g/mol. The Morgan fingerprint density at radius 3 is 2.68 bits per heavy atom. The highest BCUT2D eigenvalue weighted by Crippen LogP contribution is 2.39. The molecule has 3 rings (SSSR count). The van der Waals surface area contributed by atoms with E-state index in [4.69, 9.17) is 4.74 Å². The molecular formula is C21H32ClN3O3. The fourth-order valence-corrected chi connectivity index (χ4v) is 4.11. The molecule has 6 nitrogen and oxygen atoms in total. The number of unbranched alkanes of at least 4 members (excludes halogenated alkanes) is 1. The van der Waals surface area contributed by atoms with Crippen molar-refractivity contribution < 1.29 is 14.3 Å².